The zero-order chi connectivity index (χ0) is 12.5. The lowest BCUT2D eigenvalue weighted by Crippen LogP contribution is -2.37. The maximum absolute atomic E-state index is 5.30. The molecule has 1 N–H and O–H groups in total. The second-order valence-corrected chi connectivity index (χ2v) is 5.84. The zero-order valence-electron chi connectivity index (χ0n) is 10.0. The molecular weight excluding hydrogens is 268 g/mol. The summed E-state index contributed by atoms with van der Waals surface area (Å²) in [5.41, 5.74) is 0. The van der Waals surface area contributed by atoms with Crippen molar-refractivity contribution >= 4 is 28.7 Å². The van der Waals surface area contributed by atoms with Gasteiger partial charge in [0.25, 0.3) is 10.7 Å². The average Bonchev–Trinajstić information content (AvgIpc) is 2.98. The van der Waals surface area contributed by atoms with Gasteiger partial charge in [0.05, 0.1) is 6.20 Å². The predicted octanol–water partition coefficient (Wildman–Crippen LogP) is 3.23. The van der Waals surface area contributed by atoms with Gasteiger partial charge in [-0.15, -0.1) is 5.10 Å². The number of nitrogens with zero attached hydrogens (tertiary/aromatic N) is 3. The smallest absolute Gasteiger partial charge is 0.284 e. The lowest BCUT2D eigenvalue weighted by molar-refractivity contribution is 0.484. The molecule has 96 valence electrons. The number of aromatic amines is 1. The molecule has 0 bridgehead atoms. The summed E-state index contributed by atoms with van der Waals surface area (Å²) in [7, 11) is 0. The van der Waals surface area contributed by atoms with Gasteiger partial charge in [0, 0.05) is 12.6 Å². The molecule has 0 radical (unpaired) electrons. The quantitative estimate of drug-likeness (QED) is 0.857. The molecule has 7 heteroatoms. The van der Waals surface area contributed by atoms with E-state index in [1.807, 2.05) is 0 Å². The number of aromatic nitrogens is 3. The van der Waals surface area contributed by atoms with Gasteiger partial charge in [-0.1, -0.05) is 11.3 Å². The van der Waals surface area contributed by atoms with E-state index in [0.29, 0.717) is 16.8 Å². The third-order valence-electron chi connectivity index (χ3n) is 3.19. The molecule has 0 aliphatic carbocycles. The van der Waals surface area contributed by atoms with Crippen molar-refractivity contribution in [2.24, 2.45) is 0 Å². The largest absolute Gasteiger partial charge is 0.408 e. The third kappa shape index (κ3) is 2.20. The van der Waals surface area contributed by atoms with Crippen LogP contribution in [0, 0.1) is 4.84 Å². The van der Waals surface area contributed by atoms with E-state index < -0.39 is 0 Å². The van der Waals surface area contributed by atoms with E-state index in [9.17, 15) is 0 Å². The van der Waals surface area contributed by atoms with Gasteiger partial charge >= 0.3 is 0 Å². The minimum atomic E-state index is 0.297. The van der Waals surface area contributed by atoms with Crippen LogP contribution in [0.25, 0.3) is 10.8 Å². The van der Waals surface area contributed by atoms with E-state index in [0.717, 1.165) is 16.6 Å². The van der Waals surface area contributed by atoms with Crippen molar-refractivity contribution < 1.29 is 4.42 Å². The molecule has 0 aromatic carbocycles. The topological polar surface area (TPSA) is 58.0 Å². The minimum absolute atomic E-state index is 0.297. The summed E-state index contributed by atoms with van der Waals surface area (Å²) in [6.45, 7) is 3.33. The highest BCUT2D eigenvalue weighted by atomic mass is 32.1. The molecule has 2 aromatic rings. The standard InChI is InChI=1S/C11H14N4OS2/c1-7-4-2-3-5-15(7)10-12-6-8(18-10)9-13-14-11(17)16-9/h6-7H,2-5H2,1H3,(H,14,17). The van der Waals surface area contributed by atoms with E-state index >= 15 is 0 Å². The number of anilines is 1. The first-order valence-corrected chi connectivity index (χ1v) is 7.25. The molecule has 0 spiro atoms. The lowest BCUT2D eigenvalue weighted by atomic mass is 10.1. The van der Waals surface area contributed by atoms with Gasteiger partial charge in [-0.3, -0.25) is 0 Å². The Labute approximate surface area is 114 Å². The minimum Gasteiger partial charge on any atom is -0.408 e. The van der Waals surface area contributed by atoms with Crippen LogP contribution < -0.4 is 4.90 Å². The molecule has 1 saturated heterocycles. The summed E-state index contributed by atoms with van der Waals surface area (Å²) >= 11 is 6.47. The summed E-state index contributed by atoms with van der Waals surface area (Å²) in [5.74, 6) is 0.522. The van der Waals surface area contributed by atoms with Crippen LogP contribution in [0.2, 0.25) is 0 Å². The molecule has 1 aliphatic rings. The van der Waals surface area contributed by atoms with Crippen molar-refractivity contribution in [1.82, 2.24) is 15.2 Å². The molecule has 3 rings (SSSR count). The normalized spacial score (nSPS) is 20.3. The number of piperidine rings is 1. The van der Waals surface area contributed by atoms with Crippen LogP contribution in [0.4, 0.5) is 5.13 Å². The van der Waals surface area contributed by atoms with Crippen LogP contribution in [0.15, 0.2) is 10.6 Å². The molecular formula is C11H14N4OS2. The van der Waals surface area contributed by atoms with Gasteiger partial charge < -0.3 is 9.32 Å². The molecule has 1 aliphatic heterocycles. The zero-order valence-corrected chi connectivity index (χ0v) is 11.7. The number of hydrogen-bond donors (Lipinski definition) is 1. The van der Waals surface area contributed by atoms with Gasteiger partial charge in [0.15, 0.2) is 5.13 Å². The van der Waals surface area contributed by atoms with E-state index in [-0.39, 0.29) is 0 Å². The molecule has 0 saturated carbocycles. The highest BCUT2D eigenvalue weighted by Gasteiger charge is 2.22. The van der Waals surface area contributed by atoms with Gasteiger partial charge in [0.2, 0.25) is 0 Å². The van der Waals surface area contributed by atoms with Crippen molar-refractivity contribution in [3.63, 3.8) is 0 Å². The summed E-state index contributed by atoms with van der Waals surface area (Å²) in [6.07, 6.45) is 5.58. The molecule has 18 heavy (non-hydrogen) atoms. The van der Waals surface area contributed by atoms with E-state index in [1.165, 1.54) is 19.3 Å². The Hall–Kier alpha value is -1.21. The second-order valence-electron chi connectivity index (χ2n) is 4.46. The van der Waals surface area contributed by atoms with Crippen LogP contribution in [0.3, 0.4) is 0 Å². The van der Waals surface area contributed by atoms with E-state index in [2.05, 4.69) is 27.0 Å². The maximum atomic E-state index is 5.30. The van der Waals surface area contributed by atoms with Crippen LogP contribution in [-0.2, 0) is 0 Å². The van der Waals surface area contributed by atoms with Gasteiger partial charge in [-0.25, -0.2) is 10.1 Å². The number of rotatable bonds is 2. The van der Waals surface area contributed by atoms with Gasteiger partial charge in [-0.05, 0) is 38.4 Å². The van der Waals surface area contributed by atoms with E-state index in [1.54, 1.807) is 17.5 Å². The maximum Gasteiger partial charge on any atom is 0.284 e. The Morgan fingerprint density at radius 1 is 1.56 bits per heavy atom. The first kappa shape index (κ1) is 11.9. The van der Waals surface area contributed by atoms with E-state index in [4.69, 9.17) is 16.6 Å². The number of H-pyrrole nitrogens is 1. The highest BCUT2D eigenvalue weighted by Crippen LogP contribution is 2.33. The van der Waals surface area contributed by atoms with Crippen molar-refractivity contribution in [3.05, 3.63) is 11.0 Å². The van der Waals surface area contributed by atoms with Crippen molar-refractivity contribution in [2.45, 2.75) is 32.2 Å². The highest BCUT2D eigenvalue weighted by molar-refractivity contribution is 7.71. The monoisotopic (exact) mass is 282 g/mol. The first-order valence-electron chi connectivity index (χ1n) is 6.02. The molecule has 1 unspecified atom stereocenters. The molecule has 2 aromatic heterocycles. The van der Waals surface area contributed by atoms with Crippen molar-refractivity contribution in [3.8, 4) is 10.8 Å². The van der Waals surface area contributed by atoms with Crippen molar-refractivity contribution in [1.29, 1.82) is 0 Å². The average molecular weight is 282 g/mol. The Bertz CT molecular complexity index is 588. The first-order chi connectivity index (χ1) is 8.74. The molecule has 1 atom stereocenters. The molecule has 3 heterocycles. The summed E-state index contributed by atoms with van der Waals surface area (Å²) in [6, 6.07) is 0.559. The fourth-order valence-electron chi connectivity index (χ4n) is 2.21. The molecule has 1 fully saturated rings. The Balaban J connectivity index is 1.87. The fraction of sp³-hybridized carbons (Fsp3) is 0.545. The SMILES string of the molecule is CC1CCCCN1c1ncc(-c2n[nH]c(=S)o2)s1. The summed E-state index contributed by atoms with van der Waals surface area (Å²) in [5, 5.41) is 7.69. The Kier molecular flexibility index (Phi) is 3.17. The van der Waals surface area contributed by atoms with Crippen LogP contribution >= 0.6 is 23.6 Å². The Morgan fingerprint density at radius 3 is 3.17 bits per heavy atom. The van der Waals surface area contributed by atoms with Crippen LogP contribution in [-0.4, -0.2) is 27.8 Å². The van der Waals surface area contributed by atoms with Crippen molar-refractivity contribution in [2.75, 3.05) is 11.4 Å². The van der Waals surface area contributed by atoms with Gasteiger partial charge in [0.1, 0.15) is 4.88 Å². The number of nitrogens with one attached hydrogen (secondary N) is 1. The predicted molar refractivity (Wildman–Crippen MR) is 73.5 cm³/mol. The summed E-state index contributed by atoms with van der Waals surface area (Å²) in [4.78, 5) is 8.04. The van der Waals surface area contributed by atoms with Gasteiger partial charge in [-0.2, -0.15) is 0 Å². The summed E-state index contributed by atoms with van der Waals surface area (Å²) < 4.78 is 5.30. The fourth-order valence-corrected chi connectivity index (χ4v) is 3.31. The molecule has 0 amide bonds. The lowest BCUT2D eigenvalue weighted by Gasteiger charge is -2.32. The number of hydrogen-bond acceptors (Lipinski definition) is 6. The Morgan fingerprint density at radius 2 is 2.44 bits per heavy atom. The van der Waals surface area contributed by atoms with Crippen LogP contribution in [0.5, 0.6) is 0 Å². The third-order valence-corrected chi connectivity index (χ3v) is 4.39. The van der Waals surface area contributed by atoms with Crippen LogP contribution in [0.1, 0.15) is 26.2 Å². The second kappa shape index (κ2) is 4.81. The molecule has 5 nitrogen and oxygen atoms in total. The number of thiazole rings is 1.